The predicted molar refractivity (Wildman–Crippen MR) is 86.0 cm³/mol. The van der Waals surface area contributed by atoms with Crippen molar-refractivity contribution in [2.45, 2.75) is 38.5 Å². The average molecular weight is 312 g/mol. The van der Waals surface area contributed by atoms with E-state index in [4.69, 9.17) is 0 Å². The van der Waals surface area contributed by atoms with Gasteiger partial charge in [0.2, 0.25) is 0 Å². The second-order valence-corrected chi connectivity index (χ2v) is 7.07. The summed E-state index contributed by atoms with van der Waals surface area (Å²) in [5.74, 6) is -0.206. The molecule has 0 aromatic heterocycles. The number of hydrogen-bond donors (Lipinski definition) is 4. The molecule has 0 amide bonds. The summed E-state index contributed by atoms with van der Waals surface area (Å²) in [6, 6.07) is 6.74. The van der Waals surface area contributed by atoms with Gasteiger partial charge in [-0.25, -0.2) is 0 Å². The van der Waals surface area contributed by atoms with Crippen LogP contribution in [0.3, 0.4) is 0 Å². The zero-order valence-electron chi connectivity index (χ0n) is 12.8. The Bertz CT molecular complexity index is 727. The molecule has 0 radical (unpaired) electrons. The standard InChI is InChI=1S/C19H20O4/c20-15-5-11-1-3-19(9-13(11)7-17(15)22)4-2-12-6-16(21)18(23)8-14(12)10-19/h5-8,20-23H,1-4,9-10H2. The minimum absolute atomic E-state index is 0.0471. The van der Waals surface area contributed by atoms with E-state index in [1.54, 1.807) is 24.3 Å². The summed E-state index contributed by atoms with van der Waals surface area (Å²) in [6.45, 7) is 0. The van der Waals surface area contributed by atoms with Gasteiger partial charge in [0.1, 0.15) is 0 Å². The van der Waals surface area contributed by atoms with Crippen molar-refractivity contribution < 1.29 is 20.4 Å². The second-order valence-electron chi connectivity index (χ2n) is 7.07. The third kappa shape index (κ3) is 2.29. The van der Waals surface area contributed by atoms with Crippen molar-refractivity contribution in [1.82, 2.24) is 0 Å². The minimum Gasteiger partial charge on any atom is -0.504 e. The van der Waals surface area contributed by atoms with Gasteiger partial charge in [0.25, 0.3) is 0 Å². The van der Waals surface area contributed by atoms with Crippen molar-refractivity contribution in [3.8, 4) is 23.0 Å². The summed E-state index contributed by atoms with van der Waals surface area (Å²) in [6.07, 6.45) is 5.59. The molecule has 0 aliphatic heterocycles. The van der Waals surface area contributed by atoms with Gasteiger partial charge in [0.15, 0.2) is 23.0 Å². The van der Waals surface area contributed by atoms with Crippen molar-refractivity contribution in [2.75, 3.05) is 0 Å². The van der Waals surface area contributed by atoms with E-state index in [-0.39, 0.29) is 28.4 Å². The van der Waals surface area contributed by atoms with Crippen LogP contribution in [0.1, 0.15) is 35.1 Å². The van der Waals surface area contributed by atoms with Crippen LogP contribution in [0.4, 0.5) is 0 Å². The molecule has 0 unspecified atom stereocenters. The Hall–Kier alpha value is -2.36. The SMILES string of the molecule is Oc1cc2c(cc1O)CC1(CC2)CCc2cc(O)c(O)cc2C1. The average Bonchev–Trinajstić information content (AvgIpc) is 2.51. The number of aryl methyl sites for hydroxylation is 2. The van der Waals surface area contributed by atoms with Crippen LogP contribution >= 0.6 is 0 Å². The number of hydrogen-bond acceptors (Lipinski definition) is 4. The van der Waals surface area contributed by atoms with Gasteiger partial charge >= 0.3 is 0 Å². The molecule has 2 aliphatic rings. The van der Waals surface area contributed by atoms with Crippen LogP contribution in [0.5, 0.6) is 23.0 Å². The first-order chi connectivity index (χ1) is 11.0. The summed E-state index contributed by atoms with van der Waals surface area (Å²) in [5.41, 5.74) is 4.58. The normalized spacial score (nSPS) is 18.4. The summed E-state index contributed by atoms with van der Waals surface area (Å²) in [7, 11) is 0. The Morgan fingerprint density at radius 2 is 0.913 bits per heavy atom. The zero-order chi connectivity index (χ0) is 16.2. The maximum atomic E-state index is 9.78. The van der Waals surface area contributed by atoms with Crippen LogP contribution < -0.4 is 0 Å². The van der Waals surface area contributed by atoms with E-state index in [1.165, 1.54) is 0 Å². The molecule has 2 aromatic rings. The summed E-state index contributed by atoms with van der Waals surface area (Å²) >= 11 is 0. The Morgan fingerprint density at radius 1 is 0.565 bits per heavy atom. The number of rotatable bonds is 0. The first-order valence-corrected chi connectivity index (χ1v) is 8.03. The fraction of sp³-hybridized carbons (Fsp3) is 0.368. The van der Waals surface area contributed by atoms with Gasteiger partial charge in [0.05, 0.1) is 0 Å². The highest BCUT2D eigenvalue weighted by atomic mass is 16.3. The fourth-order valence-corrected chi connectivity index (χ4v) is 4.27. The molecule has 120 valence electrons. The van der Waals surface area contributed by atoms with Gasteiger partial charge in [0, 0.05) is 0 Å². The van der Waals surface area contributed by atoms with E-state index in [0.717, 1.165) is 60.8 Å². The van der Waals surface area contributed by atoms with Crippen LogP contribution in [0.15, 0.2) is 24.3 Å². The van der Waals surface area contributed by atoms with Crippen molar-refractivity contribution in [1.29, 1.82) is 0 Å². The number of benzene rings is 2. The highest BCUT2D eigenvalue weighted by Crippen LogP contribution is 2.48. The number of phenolic OH excluding ortho intramolecular Hbond substituents is 4. The largest absolute Gasteiger partial charge is 0.504 e. The Balaban J connectivity index is 1.68. The minimum atomic E-state index is -0.0559. The molecule has 0 saturated carbocycles. The molecule has 2 aliphatic carbocycles. The number of phenols is 4. The Kier molecular flexibility index (Phi) is 2.98. The second kappa shape index (κ2) is 4.82. The molecule has 0 atom stereocenters. The summed E-state index contributed by atoms with van der Waals surface area (Å²) < 4.78 is 0. The van der Waals surface area contributed by atoms with Gasteiger partial charge in [-0.05, 0) is 90.5 Å². The molecule has 23 heavy (non-hydrogen) atoms. The third-order valence-electron chi connectivity index (χ3n) is 5.57. The molecule has 2 aromatic carbocycles. The molecular formula is C19H20O4. The monoisotopic (exact) mass is 312 g/mol. The van der Waals surface area contributed by atoms with Crippen molar-refractivity contribution >= 4 is 0 Å². The van der Waals surface area contributed by atoms with Gasteiger partial charge in [-0.1, -0.05) is 0 Å². The van der Waals surface area contributed by atoms with E-state index in [9.17, 15) is 20.4 Å². The van der Waals surface area contributed by atoms with Crippen LogP contribution in [0.25, 0.3) is 0 Å². The third-order valence-corrected chi connectivity index (χ3v) is 5.57. The van der Waals surface area contributed by atoms with Crippen LogP contribution in [-0.2, 0) is 25.7 Å². The molecule has 4 nitrogen and oxygen atoms in total. The number of aromatic hydroxyl groups is 4. The lowest BCUT2D eigenvalue weighted by molar-refractivity contribution is 0.209. The maximum absolute atomic E-state index is 9.78. The summed E-state index contributed by atoms with van der Waals surface area (Å²) in [5, 5.41) is 38.9. The van der Waals surface area contributed by atoms with Gasteiger partial charge in [-0.3, -0.25) is 0 Å². The molecular weight excluding hydrogens is 292 g/mol. The van der Waals surface area contributed by atoms with Gasteiger partial charge in [-0.2, -0.15) is 0 Å². The number of fused-ring (bicyclic) bond motifs is 2. The van der Waals surface area contributed by atoms with Crippen LogP contribution in [-0.4, -0.2) is 20.4 Å². The molecule has 4 heteroatoms. The zero-order valence-corrected chi connectivity index (χ0v) is 12.8. The van der Waals surface area contributed by atoms with Crippen molar-refractivity contribution in [3.05, 3.63) is 46.5 Å². The Morgan fingerprint density at radius 3 is 1.30 bits per heavy atom. The molecule has 0 saturated heterocycles. The van der Waals surface area contributed by atoms with E-state index >= 15 is 0 Å². The molecule has 1 spiro atoms. The maximum Gasteiger partial charge on any atom is 0.157 e. The Labute approximate surface area is 134 Å². The topological polar surface area (TPSA) is 80.9 Å². The lowest BCUT2D eigenvalue weighted by Crippen LogP contribution is -2.34. The quantitative estimate of drug-likeness (QED) is 0.563. The van der Waals surface area contributed by atoms with E-state index in [2.05, 4.69) is 0 Å². The molecule has 0 heterocycles. The first-order valence-electron chi connectivity index (χ1n) is 8.03. The van der Waals surface area contributed by atoms with Crippen molar-refractivity contribution in [2.24, 2.45) is 5.41 Å². The predicted octanol–water partition coefficient (Wildman–Crippen LogP) is 3.17. The molecule has 4 rings (SSSR count). The lowest BCUT2D eigenvalue weighted by atomic mass is 9.62. The molecule has 4 N–H and O–H groups in total. The van der Waals surface area contributed by atoms with Crippen LogP contribution in [0.2, 0.25) is 0 Å². The molecule has 0 bridgehead atoms. The highest BCUT2D eigenvalue weighted by molar-refractivity contribution is 5.49. The lowest BCUT2D eigenvalue weighted by Gasteiger charge is -2.42. The van der Waals surface area contributed by atoms with Gasteiger partial charge in [-0.15, -0.1) is 0 Å². The first kappa shape index (κ1) is 14.2. The van der Waals surface area contributed by atoms with E-state index in [0.29, 0.717) is 0 Å². The van der Waals surface area contributed by atoms with E-state index in [1.807, 2.05) is 0 Å². The fourth-order valence-electron chi connectivity index (χ4n) is 4.27. The van der Waals surface area contributed by atoms with Gasteiger partial charge < -0.3 is 20.4 Å². The van der Waals surface area contributed by atoms with Crippen molar-refractivity contribution in [3.63, 3.8) is 0 Å². The van der Waals surface area contributed by atoms with Crippen LogP contribution in [0, 0.1) is 5.41 Å². The molecule has 0 fully saturated rings. The van der Waals surface area contributed by atoms with E-state index < -0.39 is 0 Å². The smallest absolute Gasteiger partial charge is 0.157 e. The summed E-state index contributed by atoms with van der Waals surface area (Å²) in [4.78, 5) is 0. The highest BCUT2D eigenvalue weighted by Gasteiger charge is 2.38.